The minimum absolute atomic E-state index is 0.0195. The van der Waals surface area contributed by atoms with E-state index >= 15 is 0 Å². The van der Waals surface area contributed by atoms with Crippen molar-refractivity contribution in [2.75, 3.05) is 18.7 Å². The van der Waals surface area contributed by atoms with Crippen LogP contribution in [0.4, 0.5) is 5.69 Å². The second-order valence-electron chi connectivity index (χ2n) is 6.91. The fourth-order valence-corrected chi connectivity index (χ4v) is 3.51. The largest absolute Gasteiger partial charge is 0.497 e. The molecule has 3 N–H and O–H groups in total. The lowest BCUT2D eigenvalue weighted by Gasteiger charge is -2.12. The Morgan fingerprint density at radius 2 is 1.96 bits per heavy atom. The van der Waals surface area contributed by atoms with Crippen LogP contribution in [0.5, 0.6) is 5.75 Å². The molecular formula is C21H28N4OS. The maximum Gasteiger partial charge on any atom is 0.162 e. The van der Waals surface area contributed by atoms with Gasteiger partial charge >= 0.3 is 0 Å². The summed E-state index contributed by atoms with van der Waals surface area (Å²) in [7, 11) is 1.69. The number of rotatable bonds is 5. The monoisotopic (exact) mass is 384 g/mol. The number of benzene rings is 2. The van der Waals surface area contributed by atoms with E-state index in [9.17, 15) is 0 Å². The van der Waals surface area contributed by atoms with Crippen LogP contribution in [-0.2, 0) is 0 Å². The Bertz CT molecular complexity index is 776. The zero-order chi connectivity index (χ0) is 19.2. The summed E-state index contributed by atoms with van der Waals surface area (Å²) in [6, 6.07) is 16.9. The Balaban J connectivity index is 1.64. The van der Waals surface area contributed by atoms with Gasteiger partial charge in [0.05, 0.1) is 7.11 Å². The topological polar surface area (TPSA) is 57.7 Å². The molecule has 0 amide bonds. The predicted octanol–water partition coefficient (Wildman–Crippen LogP) is 4.51. The van der Waals surface area contributed by atoms with E-state index in [0.29, 0.717) is 5.92 Å². The average molecular weight is 385 g/mol. The first-order valence-corrected chi connectivity index (χ1v) is 10.4. The van der Waals surface area contributed by atoms with Crippen LogP contribution < -0.4 is 20.9 Å². The van der Waals surface area contributed by atoms with Gasteiger partial charge in [-0.25, -0.2) is 15.8 Å². The smallest absolute Gasteiger partial charge is 0.162 e. The fourth-order valence-electron chi connectivity index (χ4n) is 3.05. The molecule has 0 saturated carbocycles. The summed E-state index contributed by atoms with van der Waals surface area (Å²) in [6.07, 6.45) is 2.94. The molecule has 1 aliphatic rings. The van der Waals surface area contributed by atoms with Gasteiger partial charge in [-0.15, -0.1) is 0 Å². The van der Waals surface area contributed by atoms with E-state index in [0.717, 1.165) is 23.0 Å². The second-order valence-corrected chi connectivity index (χ2v) is 7.70. The van der Waals surface area contributed by atoms with Crippen molar-refractivity contribution in [3.05, 3.63) is 59.7 Å². The average Bonchev–Trinajstić information content (AvgIpc) is 3.16. The molecule has 27 heavy (non-hydrogen) atoms. The molecule has 0 aliphatic carbocycles. The van der Waals surface area contributed by atoms with Gasteiger partial charge in [-0.05, 0) is 47.6 Å². The molecule has 0 aromatic heterocycles. The molecule has 0 spiro atoms. The van der Waals surface area contributed by atoms with E-state index in [1.165, 1.54) is 11.1 Å². The summed E-state index contributed by atoms with van der Waals surface area (Å²) in [5.41, 5.74) is 10.2. The molecule has 2 aromatic rings. The number of hydrogen-bond donors (Lipinski definition) is 3. The zero-order valence-corrected chi connectivity index (χ0v) is 17.1. The van der Waals surface area contributed by atoms with Crippen molar-refractivity contribution < 1.29 is 4.74 Å². The summed E-state index contributed by atoms with van der Waals surface area (Å²) in [5, 5.41) is 4.32. The Morgan fingerprint density at radius 1 is 1.19 bits per heavy atom. The number of anilines is 1. The molecule has 0 radical (unpaired) electrons. The molecule has 2 unspecified atom stereocenters. The number of hydrazine groups is 1. The minimum atomic E-state index is 0.0195. The molecular weight excluding hydrogens is 356 g/mol. The van der Waals surface area contributed by atoms with E-state index in [2.05, 4.69) is 66.4 Å². The van der Waals surface area contributed by atoms with Crippen LogP contribution in [0.3, 0.4) is 0 Å². The lowest BCUT2D eigenvalue weighted by molar-refractivity contribution is 0.413. The highest BCUT2D eigenvalue weighted by Gasteiger charge is 2.25. The third-order valence-electron chi connectivity index (χ3n) is 4.67. The van der Waals surface area contributed by atoms with Crippen molar-refractivity contribution in [2.24, 2.45) is 4.99 Å². The first-order chi connectivity index (χ1) is 13.1. The molecule has 2 atom stereocenters. The maximum atomic E-state index is 5.32. The van der Waals surface area contributed by atoms with E-state index in [1.54, 1.807) is 18.9 Å². The zero-order valence-electron chi connectivity index (χ0n) is 16.3. The molecule has 3 rings (SSSR count). The van der Waals surface area contributed by atoms with Crippen LogP contribution in [0.1, 0.15) is 43.4 Å². The minimum Gasteiger partial charge on any atom is -0.497 e. The van der Waals surface area contributed by atoms with Gasteiger partial charge in [-0.2, -0.15) is 0 Å². The Morgan fingerprint density at radius 3 is 2.63 bits per heavy atom. The molecule has 5 nitrogen and oxygen atoms in total. The summed E-state index contributed by atoms with van der Waals surface area (Å²) < 4.78 is 5.32. The van der Waals surface area contributed by atoms with E-state index in [-0.39, 0.29) is 12.2 Å². The van der Waals surface area contributed by atoms with Crippen molar-refractivity contribution in [1.29, 1.82) is 0 Å². The summed E-state index contributed by atoms with van der Waals surface area (Å²) in [4.78, 5) is 4.83. The Hall–Kier alpha value is -2.02. The van der Waals surface area contributed by atoms with Crippen LogP contribution in [0, 0.1) is 0 Å². The van der Waals surface area contributed by atoms with Gasteiger partial charge in [-0.1, -0.05) is 49.9 Å². The normalized spacial score (nSPS) is 20.1. The highest BCUT2D eigenvalue weighted by Crippen LogP contribution is 2.26. The van der Waals surface area contributed by atoms with Crippen molar-refractivity contribution in [3.63, 3.8) is 0 Å². The van der Waals surface area contributed by atoms with Gasteiger partial charge in [0.1, 0.15) is 11.9 Å². The van der Waals surface area contributed by atoms with Crippen molar-refractivity contribution >= 4 is 22.6 Å². The standard InChI is InChI=1S/C21H28N4OS/c1-14(2)15-8-10-17(11-9-15)22-21(27-4)23-20-13-19(24-25-20)16-6-5-7-18(12-16)26-3/h5-12,14,19-20,24-25H,13H2,1-4H3,(H,22,23). The lowest BCUT2D eigenvalue weighted by atomic mass is 10.0. The van der Waals surface area contributed by atoms with E-state index < -0.39 is 0 Å². The van der Waals surface area contributed by atoms with Crippen LogP contribution in [0.15, 0.2) is 53.5 Å². The van der Waals surface area contributed by atoms with E-state index in [4.69, 9.17) is 9.73 Å². The number of methoxy groups -OCH3 is 1. The first-order valence-electron chi connectivity index (χ1n) is 9.23. The summed E-state index contributed by atoms with van der Waals surface area (Å²) in [5.74, 6) is 1.41. The lowest BCUT2D eigenvalue weighted by Crippen LogP contribution is -2.30. The van der Waals surface area contributed by atoms with Crippen LogP contribution in [-0.4, -0.2) is 24.7 Å². The number of hydrogen-bond acceptors (Lipinski definition) is 5. The number of aliphatic imine (C=N–C) groups is 1. The summed E-state index contributed by atoms with van der Waals surface area (Å²) in [6.45, 7) is 4.41. The third-order valence-corrected chi connectivity index (χ3v) is 5.27. The van der Waals surface area contributed by atoms with Crippen molar-refractivity contribution in [1.82, 2.24) is 10.9 Å². The van der Waals surface area contributed by atoms with Gasteiger partial charge in [0.25, 0.3) is 0 Å². The van der Waals surface area contributed by atoms with Gasteiger partial charge in [-0.3, -0.25) is 0 Å². The van der Waals surface area contributed by atoms with Crippen LogP contribution >= 0.6 is 11.8 Å². The maximum absolute atomic E-state index is 5.32. The number of nitrogens with one attached hydrogen (secondary N) is 3. The van der Waals surface area contributed by atoms with Gasteiger partial charge in [0.15, 0.2) is 5.17 Å². The molecule has 1 saturated heterocycles. The SMILES string of the molecule is COc1cccc(C2CC(/N=C(/Nc3ccc(C(C)C)cc3)SC)NN2)c1. The Kier molecular flexibility index (Phi) is 6.77. The molecule has 0 bridgehead atoms. The molecule has 1 aliphatic heterocycles. The van der Waals surface area contributed by atoms with Crippen LogP contribution in [0.25, 0.3) is 0 Å². The van der Waals surface area contributed by atoms with Crippen LogP contribution in [0.2, 0.25) is 0 Å². The molecule has 2 aromatic carbocycles. The van der Waals surface area contributed by atoms with Gasteiger partial charge in [0, 0.05) is 18.2 Å². The quantitative estimate of drug-likeness (QED) is 0.523. The predicted molar refractivity (Wildman–Crippen MR) is 116 cm³/mol. The summed E-state index contributed by atoms with van der Waals surface area (Å²) >= 11 is 1.62. The van der Waals surface area contributed by atoms with Crippen molar-refractivity contribution in [3.8, 4) is 5.75 Å². The van der Waals surface area contributed by atoms with Gasteiger partial charge in [0.2, 0.25) is 0 Å². The first kappa shape index (κ1) is 19.7. The van der Waals surface area contributed by atoms with Gasteiger partial charge < -0.3 is 10.1 Å². The van der Waals surface area contributed by atoms with Crippen molar-refractivity contribution in [2.45, 2.75) is 38.4 Å². The molecule has 144 valence electrons. The highest BCUT2D eigenvalue weighted by molar-refractivity contribution is 8.13. The highest BCUT2D eigenvalue weighted by atomic mass is 32.2. The fraction of sp³-hybridized carbons (Fsp3) is 0.381. The second kappa shape index (κ2) is 9.26. The number of amidine groups is 1. The van der Waals surface area contributed by atoms with E-state index in [1.807, 2.05) is 18.4 Å². The molecule has 6 heteroatoms. The molecule has 1 heterocycles. The Labute approximate surface area is 166 Å². The molecule has 1 fully saturated rings. The third kappa shape index (κ3) is 5.25. The number of thioether (sulfide) groups is 1. The number of ether oxygens (including phenoxy) is 1. The number of nitrogens with zero attached hydrogens (tertiary/aromatic N) is 1.